The van der Waals surface area contributed by atoms with Crippen LogP contribution >= 0.6 is 0 Å². The summed E-state index contributed by atoms with van der Waals surface area (Å²) >= 11 is 0. The van der Waals surface area contributed by atoms with Crippen molar-refractivity contribution >= 4 is 18.0 Å². The molecule has 1 atom stereocenters. The highest BCUT2D eigenvalue weighted by Gasteiger charge is 2.29. The molecule has 0 aliphatic heterocycles. The summed E-state index contributed by atoms with van der Waals surface area (Å²) < 4.78 is 5.48. The highest BCUT2D eigenvalue weighted by atomic mass is 16.5. The van der Waals surface area contributed by atoms with E-state index in [1.807, 2.05) is 43.3 Å². The summed E-state index contributed by atoms with van der Waals surface area (Å²) in [6.45, 7) is 1.58. The smallest absolute Gasteiger partial charge is 0.407 e. The highest BCUT2D eigenvalue weighted by molar-refractivity contribution is 5.82. The molecule has 1 aliphatic carbocycles. The molecule has 3 N–H and O–H groups in total. The van der Waals surface area contributed by atoms with Gasteiger partial charge in [0.1, 0.15) is 13.2 Å². The van der Waals surface area contributed by atoms with Crippen molar-refractivity contribution in [2.75, 3.05) is 13.2 Å². The highest BCUT2D eigenvalue weighted by Crippen LogP contribution is 2.44. The van der Waals surface area contributed by atoms with E-state index in [-0.39, 0.29) is 18.9 Å². The zero-order valence-corrected chi connectivity index (χ0v) is 16.2. The lowest BCUT2D eigenvalue weighted by atomic mass is 9.98. The first-order valence-electron chi connectivity index (χ1n) is 9.59. The van der Waals surface area contributed by atoms with Gasteiger partial charge in [-0.3, -0.25) is 9.59 Å². The Bertz CT molecular complexity index is 866. The fraction of sp³-hybridized carbons (Fsp3) is 0.318. The standard InChI is InChI=1S/C22H24N2O5/c1-2-14(11-20(25)23-12-21(26)27)24-22(28)29-13-19-17-9-5-3-7-15(17)16-8-4-6-10-18(16)19/h3-10,14,19H,2,11-13H2,1H3,(H,23,25)(H,24,28)(H,26,27). The molecule has 0 aromatic heterocycles. The Morgan fingerprint density at radius 1 is 1.03 bits per heavy atom. The number of alkyl carbamates (subject to hydrolysis) is 1. The van der Waals surface area contributed by atoms with Crippen molar-refractivity contribution in [1.82, 2.24) is 10.6 Å². The van der Waals surface area contributed by atoms with E-state index < -0.39 is 30.6 Å². The largest absolute Gasteiger partial charge is 0.480 e. The first kappa shape index (κ1) is 20.4. The molecule has 0 fully saturated rings. The van der Waals surface area contributed by atoms with Crippen LogP contribution in [0.5, 0.6) is 0 Å². The molecule has 152 valence electrons. The third kappa shape index (κ3) is 4.93. The predicted octanol–water partition coefficient (Wildman–Crippen LogP) is 2.89. The number of fused-ring (bicyclic) bond motifs is 3. The lowest BCUT2D eigenvalue weighted by Gasteiger charge is -2.18. The van der Waals surface area contributed by atoms with Crippen LogP contribution in [0.4, 0.5) is 4.79 Å². The fourth-order valence-corrected chi connectivity index (χ4v) is 3.57. The summed E-state index contributed by atoms with van der Waals surface area (Å²) in [6.07, 6.45) is -0.0803. The molecule has 2 amide bonds. The van der Waals surface area contributed by atoms with E-state index in [0.717, 1.165) is 22.3 Å². The number of carbonyl (C=O) groups excluding carboxylic acids is 2. The van der Waals surface area contributed by atoms with E-state index in [1.54, 1.807) is 0 Å². The molecular formula is C22H24N2O5. The van der Waals surface area contributed by atoms with E-state index >= 15 is 0 Å². The van der Waals surface area contributed by atoms with Gasteiger partial charge in [0.15, 0.2) is 0 Å². The van der Waals surface area contributed by atoms with Crippen molar-refractivity contribution < 1.29 is 24.2 Å². The molecule has 7 heteroatoms. The van der Waals surface area contributed by atoms with Gasteiger partial charge in [-0.2, -0.15) is 0 Å². The number of carbonyl (C=O) groups is 3. The van der Waals surface area contributed by atoms with E-state index in [1.165, 1.54) is 0 Å². The van der Waals surface area contributed by atoms with Crippen molar-refractivity contribution in [1.29, 1.82) is 0 Å². The number of carboxylic acids is 1. The molecule has 0 heterocycles. The van der Waals surface area contributed by atoms with E-state index in [4.69, 9.17) is 9.84 Å². The molecule has 0 radical (unpaired) electrons. The van der Waals surface area contributed by atoms with Crippen LogP contribution in [0.15, 0.2) is 48.5 Å². The lowest BCUT2D eigenvalue weighted by molar-refractivity contribution is -0.138. The Kier molecular flexibility index (Phi) is 6.49. The summed E-state index contributed by atoms with van der Waals surface area (Å²) in [5.74, 6) is -1.58. The number of amides is 2. The number of ether oxygens (including phenoxy) is 1. The topological polar surface area (TPSA) is 105 Å². The van der Waals surface area contributed by atoms with Gasteiger partial charge in [-0.05, 0) is 28.7 Å². The predicted molar refractivity (Wildman–Crippen MR) is 108 cm³/mol. The van der Waals surface area contributed by atoms with E-state index in [2.05, 4.69) is 22.8 Å². The van der Waals surface area contributed by atoms with E-state index in [0.29, 0.717) is 6.42 Å². The molecule has 2 aromatic rings. The van der Waals surface area contributed by atoms with Gasteiger partial charge in [0, 0.05) is 18.4 Å². The maximum atomic E-state index is 12.3. The minimum Gasteiger partial charge on any atom is -0.480 e. The molecule has 1 unspecified atom stereocenters. The van der Waals surface area contributed by atoms with Crippen molar-refractivity contribution in [2.24, 2.45) is 0 Å². The molecule has 0 spiro atoms. The Labute approximate surface area is 169 Å². The number of carboxylic acid groups (broad SMARTS) is 1. The molecule has 0 saturated heterocycles. The van der Waals surface area contributed by atoms with Crippen LogP contribution in [0.3, 0.4) is 0 Å². The summed E-state index contributed by atoms with van der Waals surface area (Å²) in [4.78, 5) is 34.6. The second kappa shape index (κ2) is 9.23. The van der Waals surface area contributed by atoms with Crippen LogP contribution < -0.4 is 10.6 Å². The molecule has 0 saturated carbocycles. The Hall–Kier alpha value is -3.35. The molecule has 3 rings (SSSR count). The number of benzene rings is 2. The van der Waals surface area contributed by atoms with Crippen molar-refractivity contribution in [2.45, 2.75) is 31.7 Å². The molecular weight excluding hydrogens is 372 g/mol. The third-order valence-corrected chi connectivity index (χ3v) is 5.03. The number of rotatable bonds is 8. The Morgan fingerprint density at radius 3 is 2.17 bits per heavy atom. The van der Waals surface area contributed by atoms with Crippen molar-refractivity contribution in [3.05, 3.63) is 59.7 Å². The SMILES string of the molecule is CCC(CC(=O)NCC(=O)O)NC(=O)OCC1c2ccccc2-c2ccccc21. The number of hydrogen-bond donors (Lipinski definition) is 3. The van der Waals surface area contributed by atoms with Gasteiger partial charge >= 0.3 is 12.1 Å². The van der Waals surface area contributed by atoms with Crippen molar-refractivity contribution in [3.63, 3.8) is 0 Å². The van der Waals surface area contributed by atoms with Crippen LogP contribution in [0.25, 0.3) is 11.1 Å². The molecule has 2 aromatic carbocycles. The summed E-state index contributed by atoms with van der Waals surface area (Å²) in [6, 6.07) is 15.7. The normalized spacial score (nSPS) is 13.1. The van der Waals surface area contributed by atoms with Crippen LogP contribution in [0.2, 0.25) is 0 Å². The van der Waals surface area contributed by atoms with Crippen LogP contribution in [0, 0.1) is 0 Å². The van der Waals surface area contributed by atoms with Crippen molar-refractivity contribution in [3.8, 4) is 11.1 Å². The minimum absolute atomic E-state index is 0.00598. The Morgan fingerprint density at radius 2 is 1.62 bits per heavy atom. The average molecular weight is 396 g/mol. The van der Waals surface area contributed by atoms with Gasteiger partial charge in [0.05, 0.1) is 0 Å². The van der Waals surface area contributed by atoms with Gasteiger partial charge in [-0.25, -0.2) is 4.79 Å². The van der Waals surface area contributed by atoms with Crippen LogP contribution in [0.1, 0.15) is 36.8 Å². The first-order chi connectivity index (χ1) is 14.0. The number of nitrogens with one attached hydrogen (secondary N) is 2. The summed E-state index contributed by atoms with van der Waals surface area (Å²) in [5, 5.41) is 13.6. The van der Waals surface area contributed by atoms with Gasteiger partial charge in [0.2, 0.25) is 5.91 Å². The lowest BCUT2D eigenvalue weighted by Crippen LogP contribution is -2.40. The Balaban J connectivity index is 1.58. The van der Waals surface area contributed by atoms with Gasteiger partial charge in [0.25, 0.3) is 0 Å². The third-order valence-electron chi connectivity index (χ3n) is 5.03. The maximum absolute atomic E-state index is 12.3. The summed E-state index contributed by atoms with van der Waals surface area (Å²) in [5.41, 5.74) is 4.56. The van der Waals surface area contributed by atoms with Gasteiger partial charge < -0.3 is 20.5 Å². The number of hydrogen-bond acceptors (Lipinski definition) is 4. The number of aliphatic carboxylic acids is 1. The van der Waals surface area contributed by atoms with Crippen LogP contribution in [-0.2, 0) is 14.3 Å². The minimum atomic E-state index is -1.11. The molecule has 0 bridgehead atoms. The quantitative estimate of drug-likeness (QED) is 0.636. The van der Waals surface area contributed by atoms with Crippen LogP contribution in [-0.4, -0.2) is 42.3 Å². The summed E-state index contributed by atoms with van der Waals surface area (Å²) in [7, 11) is 0. The van der Waals surface area contributed by atoms with E-state index in [9.17, 15) is 14.4 Å². The monoisotopic (exact) mass is 396 g/mol. The first-order valence-corrected chi connectivity index (χ1v) is 9.59. The second-order valence-electron chi connectivity index (χ2n) is 6.95. The van der Waals surface area contributed by atoms with Gasteiger partial charge in [-0.1, -0.05) is 55.5 Å². The molecule has 1 aliphatic rings. The average Bonchev–Trinajstić information content (AvgIpc) is 3.04. The molecule has 29 heavy (non-hydrogen) atoms. The second-order valence-corrected chi connectivity index (χ2v) is 6.95. The van der Waals surface area contributed by atoms with Gasteiger partial charge in [-0.15, -0.1) is 0 Å². The fourth-order valence-electron chi connectivity index (χ4n) is 3.57. The maximum Gasteiger partial charge on any atom is 0.407 e. The molecule has 7 nitrogen and oxygen atoms in total. The zero-order valence-electron chi connectivity index (χ0n) is 16.2. The zero-order chi connectivity index (χ0) is 20.8.